The summed E-state index contributed by atoms with van der Waals surface area (Å²) >= 11 is 0. The van der Waals surface area contributed by atoms with Crippen LogP contribution >= 0.6 is 0 Å². The Hall–Kier alpha value is -4.73. The lowest BCUT2D eigenvalue weighted by atomic mass is 10.0. The van der Waals surface area contributed by atoms with Gasteiger partial charge in [-0.1, -0.05) is 17.7 Å². The highest BCUT2D eigenvalue weighted by molar-refractivity contribution is 6.09. The standard InChI is InChI=1S/C28H29N7O3/c1-4-32(19(3)36)17-24-30-14-16-33(24)20-9-11-21(12-10-20)34-15-13-23-25(27(29)37)31-35(26(23)28(34)38)22-7-5-18(2)6-8-22/h5-12,14,16H,4,13,15,17H2,1-3H3,(H2,29,37). The maximum Gasteiger partial charge on any atom is 0.277 e. The van der Waals surface area contributed by atoms with Gasteiger partial charge in [-0.05, 0) is 56.7 Å². The van der Waals surface area contributed by atoms with Crippen molar-refractivity contribution in [1.82, 2.24) is 24.2 Å². The minimum absolute atomic E-state index is 0.00949. The van der Waals surface area contributed by atoms with E-state index in [1.54, 1.807) is 22.9 Å². The molecule has 1 aliphatic rings. The SMILES string of the molecule is CCN(Cc1nccn1-c1ccc(N2CCc3c(C(N)=O)nn(-c4ccc(C)cc4)c3C2=O)cc1)C(C)=O. The van der Waals surface area contributed by atoms with E-state index >= 15 is 0 Å². The Labute approximate surface area is 220 Å². The second-order valence-electron chi connectivity index (χ2n) is 9.26. The number of aromatic nitrogens is 4. The number of benzene rings is 2. The lowest BCUT2D eigenvalue weighted by Crippen LogP contribution is -2.39. The summed E-state index contributed by atoms with van der Waals surface area (Å²) in [5.41, 5.74) is 10.0. The minimum atomic E-state index is -0.653. The van der Waals surface area contributed by atoms with Gasteiger partial charge in [-0.25, -0.2) is 9.67 Å². The van der Waals surface area contributed by atoms with Gasteiger partial charge in [0.15, 0.2) is 5.69 Å². The summed E-state index contributed by atoms with van der Waals surface area (Å²) in [6.07, 6.45) is 4.01. The number of fused-ring (bicyclic) bond motifs is 1. The van der Waals surface area contributed by atoms with Gasteiger partial charge >= 0.3 is 0 Å². The van der Waals surface area contributed by atoms with Crippen molar-refractivity contribution in [3.8, 4) is 11.4 Å². The predicted octanol–water partition coefficient (Wildman–Crippen LogP) is 3.04. The fourth-order valence-corrected chi connectivity index (χ4v) is 4.77. The average molecular weight is 512 g/mol. The normalized spacial score (nSPS) is 12.9. The number of nitrogens with zero attached hydrogens (tertiary/aromatic N) is 6. The van der Waals surface area contributed by atoms with Crippen LogP contribution in [0.2, 0.25) is 0 Å². The molecule has 0 saturated heterocycles. The third-order valence-electron chi connectivity index (χ3n) is 6.84. The third-order valence-corrected chi connectivity index (χ3v) is 6.84. The number of anilines is 1. The summed E-state index contributed by atoms with van der Waals surface area (Å²) in [5, 5.41) is 4.43. The molecule has 5 rings (SSSR count). The van der Waals surface area contributed by atoms with Gasteiger partial charge in [-0.3, -0.25) is 14.4 Å². The molecule has 0 saturated carbocycles. The Morgan fingerprint density at radius 2 is 1.68 bits per heavy atom. The van der Waals surface area contributed by atoms with Gasteiger partial charge in [0.2, 0.25) is 5.91 Å². The highest BCUT2D eigenvalue weighted by Crippen LogP contribution is 2.29. The predicted molar refractivity (Wildman–Crippen MR) is 143 cm³/mol. The lowest BCUT2D eigenvalue weighted by molar-refractivity contribution is -0.129. The fraction of sp³-hybridized carbons (Fsp3) is 0.250. The van der Waals surface area contributed by atoms with Crippen LogP contribution in [0.25, 0.3) is 11.4 Å². The molecular formula is C28H29N7O3. The van der Waals surface area contributed by atoms with Crippen LogP contribution in [-0.4, -0.2) is 55.0 Å². The fourth-order valence-electron chi connectivity index (χ4n) is 4.77. The van der Waals surface area contributed by atoms with Crippen molar-refractivity contribution in [2.24, 2.45) is 5.73 Å². The zero-order valence-corrected chi connectivity index (χ0v) is 21.6. The van der Waals surface area contributed by atoms with Crippen LogP contribution in [0.15, 0.2) is 60.9 Å². The van der Waals surface area contributed by atoms with Gasteiger partial charge in [0.25, 0.3) is 11.8 Å². The lowest BCUT2D eigenvalue weighted by Gasteiger charge is -2.28. The van der Waals surface area contributed by atoms with E-state index in [1.807, 2.05) is 73.1 Å². The van der Waals surface area contributed by atoms with Gasteiger partial charge < -0.3 is 20.1 Å². The molecule has 0 fully saturated rings. The smallest absolute Gasteiger partial charge is 0.277 e. The Balaban J connectivity index is 1.46. The number of rotatable bonds is 7. The molecule has 2 aromatic carbocycles. The molecule has 0 aliphatic carbocycles. The maximum atomic E-state index is 13.8. The second kappa shape index (κ2) is 9.97. The number of aryl methyl sites for hydroxylation is 1. The highest BCUT2D eigenvalue weighted by atomic mass is 16.2. The first-order chi connectivity index (χ1) is 18.3. The van der Waals surface area contributed by atoms with Crippen molar-refractivity contribution in [3.63, 3.8) is 0 Å². The molecule has 194 valence electrons. The summed E-state index contributed by atoms with van der Waals surface area (Å²) in [4.78, 5) is 45.6. The van der Waals surface area contributed by atoms with E-state index in [0.29, 0.717) is 43.0 Å². The van der Waals surface area contributed by atoms with Gasteiger partial charge in [0.05, 0.1) is 12.2 Å². The molecule has 0 unspecified atom stereocenters. The van der Waals surface area contributed by atoms with Gasteiger partial charge in [-0.2, -0.15) is 5.10 Å². The number of hydrogen-bond donors (Lipinski definition) is 1. The number of hydrogen-bond acceptors (Lipinski definition) is 5. The van der Waals surface area contributed by atoms with Crippen molar-refractivity contribution in [1.29, 1.82) is 0 Å². The Morgan fingerprint density at radius 1 is 1.03 bits per heavy atom. The molecule has 3 heterocycles. The minimum Gasteiger partial charge on any atom is -0.364 e. The molecule has 3 amide bonds. The van der Waals surface area contributed by atoms with Crippen LogP contribution in [0.3, 0.4) is 0 Å². The van der Waals surface area contributed by atoms with Crippen LogP contribution in [0.4, 0.5) is 5.69 Å². The first-order valence-electron chi connectivity index (χ1n) is 12.5. The Morgan fingerprint density at radius 3 is 2.32 bits per heavy atom. The molecule has 10 heteroatoms. The molecule has 10 nitrogen and oxygen atoms in total. The topological polar surface area (TPSA) is 119 Å². The molecule has 4 aromatic rings. The molecular weight excluding hydrogens is 482 g/mol. The summed E-state index contributed by atoms with van der Waals surface area (Å²) in [6, 6.07) is 15.2. The number of imidazole rings is 1. The van der Waals surface area contributed by atoms with Gasteiger partial charge in [0.1, 0.15) is 11.5 Å². The van der Waals surface area contributed by atoms with E-state index in [2.05, 4.69) is 10.1 Å². The first-order valence-corrected chi connectivity index (χ1v) is 12.5. The Kier molecular flexibility index (Phi) is 6.54. The second-order valence-corrected chi connectivity index (χ2v) is 9.26. The molecule has 0 atom stereocenters. The van der Waals surface area contributed by atoms with Crippen molar-refractivity contribution < 1.29 is 14.4 Å². The number of nitrogens with two attached hydrogens (primary N) is 1. The monoisotopic (exact) mass is 511 g/mol. The largest absolute Gasteiger partial charge is 0.364 e. The van der Waals surface area contributed by atoms with E-state index in [0.717, 1.165) is 22.8 Å². The highest BCUT2D eigenvalue weighted by Gasteiger charge is 2.34. The average Bonchev–Trinajstić information content (AvgIpc) is 3.53. The van der Waals surface area contributed by atoms with E-state index in [-0.39, 0.29) is 17.5 Å². The van der Waals surface area contributed by atoms with Crippen molar-refractivity contribution in [3.05, 3.63) is 89.3 Å². The number of carbonyl (C=O) groups is 3. The van der Waals surface area contributed by atoms with Crippen LogP contribution in [0, 0.1) is 6.92 Å². The molecule has 0 bridgehead atoms. The molecule has 1 aliphatic heterocycles. The van der Waals surface area contributed by atoms with E-state index in [9.17, 15) is 14.4 Å². The van der Waals surface area contributed by atoms with Crippen LogP contribution < -0.4 is 10.6 Å². The summed E-state index contributed by atoms with van der Waals surface area (Å²) < 4.78 is 3.45. The van der Waals surface area contributed by atoms with Gasteiger partial charge in [0, 0.05) is 49.3 Å². The first kappa shape index (κ1) is 24.9. The summed E-state index contributed by atoms with van der Waals surface area (Å²) in [6.45, 7) is 6.84. The van der Waals surface area contributed by atoms with E-state index < -0.39 is 5.91 Å². The summed E-state index contributed by atoms with van der Waals surface area (Å²) in [5.74, 6) is -0.164. The maximum absolute atomic E-state index is 13.8. The molecule has 2 aromatic heterocycles. The number of primary amides is 1. The van der Waals surface area contributed by atoms with Crippen molar-refractivity contribution in [2.75, 3.05) is 18.0 Å². The van der Waals surface area contributed by atoms with Crippen LogP contribution in [0.5, 0.6) is 0 Å². The third kappa shape index (κ3) is 4.45. The van der Waals surface area contributed by atoms with Crippen molar-refractivity contribution in [2.45, 2.75) is 33.7 Å². The van der Waals surface area contributed by atoms with Gasteiger partial charge in [-0.15, -0.1) is 0 Å². The molecule has 2 N–H and O–H groups in total. The van der Waals surface area contributed by atoms with E-state index in [4.69, 9.17) is 5.73 Å². The molecule has 0 spiro atoms. The summed E-state index contributed by atoms with van der Waals surface area (Å²) in [7, 11) is 0. The van der Waals surface area contributed by atoms with Crippen LogP contribution in [-0.2, 0) is 17.8 Å². The zero-order valence-electron chi connectivity index (χ0n) is 21.6. The molecule has 0 radical (unpaired) electrons. The van der Waals surface area contributed by atoms with E-state index in [1.165, 1.54) is 4.68 Å². The van der Waals surface area contributed by atoms with Crippen molar-refractivity contribution >= 4 is 23.4 Å². The zero-order chi connectivity index (χ0) is 27.0. The molecule has 38 heavy (non-hydrogen) atoms. The number of amides is 3. The Bertz CT molecular complexity index is 1520. The van der Waals surface area contributed by atoms with Crippen LogP contribution in [0.1, 0.15) is 51.8 Å². The quantitative estimate of drug-likeness (QED) is 0.409. The number of carbonyl (C=O) groups excluding carboxylic acids is 3.